The van der Waals surface area contributed by atoms with Crippen LogP contribution in [0.1, 0.15) is 63.4 Å². The zero-order chi connectivity index (χ0) is 27.9. The van der Waals surface area contributed by atoms with Crippen molar-refractivity contribution in [2.75, 3.05) is 72.0 Å². The van der Waals surface area contributed by atoms with Crippen molar-refractivity contribution in [3.63, 3.8) is 0 Å². The van der Waals surface area contributed by atoms with Crippen LogP contribution >= 0.6 is 0 Å². The van der Waals surface area contributed by atoms with Crippen LogP contribution in [0.15, 0.2) is 54.6 Å². The number of para-hydroxylation sites is 1. The number of hydrogen-bond acceptors (Lipinski definition) is 4. The maximum atomic E-state index is 3.82. The minimum Gasteiger partial charge on any atom is -0.357 e. The number of aromatic nitrogens is 1. The summed E-state index contributed by atoms with van der Waals surface area (Å²) in [6, 6.07) is 20.3. The van der Waals surface area contributed by atoms with Gasteiger partial charge in [-0.25, -0.2) is 0 Å². The second-order valence-corrected chi connectivity index (χ2v) is 13.1. The Morgan fingerprint density at radius 2 is 1.38 bits per heavy atom. The standard InChI is InChI=1S/C35H53N5/c1-28(2)26-39(27-29(3)4)19-10-17-37-22-24-38(25-23-37)18-11-20-40-21-16-32-31-14-8-9-15-33(31)36-34(32)35(40)30-12-6-5-7-13-30/h5-9,12-15,28-29,35-36H,10-11,16-27H2,1-4H3. The Bertz CT molecular complexity index is 1150. The molecule has 3 heterocycles. The van der Waals surface area contributed by atoms with E-state index in [-0.39, 0.29) is 0 Å². The quantitative estimate of drug-likeness (QED) is 0.281. The Hall–Kier alpha value is -2.18. The third kappa shape index (κ3) is 7.55. The van der Waals surface area contributed by atoms with Crippen molar-refractivity contribution < 1.29 is 0 Å². The molecule has 5 nitrogen and oxygen atoms in total. The third-order valence-corrected chi connectivity index (χ3v) is 8.83. The van der Waals surface area contributed by atoms with E-state index in [1.807, 2.05) is 0 Å². The Kier molecular flexibility index (Phi) is 10.4. The van der Waals surface area contributed by atoms with Crippen molar-refractivity contribution >= 4 is 10.9 Å². The van der Waals surface area contributed by atoms with Crippen LogP contribution in [0.3, 0.4) is 0 Å². The number of benzene rings is 2. The second-order valence-electron chi connectivity index (χ2n) is 13.1. The fraction of sp³-hybridized carbons (Fsp3) is 0.600. The van der Waals surface area contributed by atoms with Crippen molar-refractivity contribution in [2.24, 2.45) is 11.8 Å². The summed E-state index contributed by atoms with van der Waals surface area (Å²) in [6.45, 7) is 22.7. The van der Waals surface area contributed by atoms with Crippen LogP contribution in [0.4, 0.5) is 0 Å². The van der Waals surface area contributed by atoms with Crippen LogP contribution in [0.25, 0.3) is 10.9 Å². The van der Waals surface area contributed by atoms with E-state index in [2.05, 4.69) is 107 Å². The number of fused-ring (bicyclic) bond motifs is 3. The first kappa shape index (κ1) is 29.3. The number of hydrogen-bond donors (Lipinski definition) is 1. The van der Waals surface area contributed by atoms with Gasteiger partial charge >= 0.3 is 0 Å². The molecule has 5 rings (SSSR count). The molecule has 0 spiro atoms. The summed E-state index contributed by atoms with van der Waals surface area (Å²) in [7, 11) is 0. The molecule has 3 aromatic rings. The molecule has 1 atom stereocenters. The molecule has 0 radical (unpaired) electrons. The first-order valence-electron chi connectivity index (χ1n) is 16.0. The molecule has 2 aliphatic heterocycles. The first-order chi connectivity index (χ1) is 19.5. The summed E-state index contributed by atoms with van der Waals surface area (Å²) in [5.74, 6) is 1.50. The molecule has 1 N–H and O–H groups in total. The minimum absolute atomic E-state index is 0.320. The summed E-state index contributed by atoms with van der Waals surface area (Å²) in [5.41, 5.74) is 5.62. The fourth-order valence-electron chi connectivity index (χ4n) is 7.09. The highest BCUT2D eigenvalue weighted by Crippen LogP contribution is 2.38. The van der Waals surface area contributed by atoms with Crippen molar-refractivity contribution in [3.8, 4) is 0 Å². The van der Waals surface area contributed by atoms with Gasteiger partial charge in [-0.2, -0.15) is 0 Å². The van der Waals surface area contributed by atoms with Crippen molar-refractivity contribution in [1.29, 1.82) is 0 Å². The molecule has 5 heteroatoms. The molecule has 2 aliphatic rings. The molecule has 40 heavy (non-hydrogen) atoms. The molecule has 0 amide bonds. The molecule has 2 aromatic carbocycles. The van der Waals surface area contributed by atoms with Gasteiger partial charge < -0.3 is 19.7 Å². The van der Waals surface area contributed by atoms with Gasteiger partial charge in [-0.05, 0) is 67.9 Å². The predicted molar refractivity (Wildman–Crippen MR) is 170 cm³/mol. The van der Waals surface area contributed by atoms with Crippen molar-refractivity contribution in [2.45, 2.75) is 53.0 Å². The number of rotatable bonds is 13. The molecule has 1 unspecified atom stereocenters. The highest BCUT2D eigenvalue weighted by molar-refractivity contribution is 5.85. The van der Waals surface area contributed by atoms with Crippen LogP contribution in [-0.4, -0.2) is 96.6 Å². The zero-order valence-corrected chi connectivity index (χ0v) is 25.6. The van der Waals surface area contributed by atoms with Gasteiger partial charge in [-0.3, -0.25) is 4.90 Å². The SMILES string of the molecule is CC(C)CN(CCCN1CCN(CCCN2CCc3c([nH]c4ccccc34)C2c2ccccc2)CC1)CC(C)C. The summed E-state index contributed by atoms with van der Waals surface area (Å²) in [6.07, 6.45) is 3.66. The molecule has 0 aliphatic carbocycles. The van der Waals surface area contributed by atoms with Gasteiger partial charge in [0.2, 0.25) is 0 Å². The first-order valence-corrected chi connectivity index (χ1v) is 16.0. The molecule has 0 bridgehead atoms. The third-order valence-electron chi connectivity index (χ3n) is 8.83. The zero-order valence-electron chi connectivity index (χ0n) is 25.6. The summed E-state index contributed by atoms with van der Waals surface area (Å²) < 4.78 is 0. The number of nitrogens with one attached hydrogen (secondary N) is 1. The van der Waals surface area contributed by atoms with Crippen molar-refractivity contribution in [1.82, 2.24) is 24.6 Å². The molecular weight excluding hydrogens is 490 g/mol. The average Bonchev–Trinajstić information content (AvgIpc) is 3.32. The largest absolute Gasteiger partial charge is 0.357 e. The lowest BCUT2D eigenvalue weighted by Crippen LogP contribution is -2.47. The van der Waals surface area contributed by atoms with E-state index in [9.17, 15) is 0 Å². The van der Waals surface area contributed by atoms with Crippen LogP contribution in [-0.2, 0) is 6.42 Å². The van der Waals surface area contributed by atoms with E-state index in [1.54, 1.807) is 0 Å². The lowest BCUT2D eigenvalue weighted by atomic mass is 9.92. The summed E-state index contributed by atoms with van der Waals surface area (Å²) in [4.78, 5) is 14.6. The molecule has 0 saturated carbocycles. The number of H-pyrrole nitrogens is 1. The predicted octanol–water partition coefficient (Wildman–Crippen LogP) is 6.13. The fourth-order valence-corrected chi connectivity index (χ4v) is 7.09. The number of nitrogens with zero attached hydrogens (tertiary/aromatic N) is 4. The number of piperazine rings is 1. The van der Waals surface area contributed by atoms with E-state index >= 15 is 0 Å². The van der Waals surface area contributed by atoms with E-state index < -0.39 is 0 Å². The number of aromatic amines is 1. The van der Waals surface area contributed by atoms with Crippen molar-refractivity contribution in [3.05, 3.63) is 71.4 Å². The Morgan fingerprint density at radius 1 is 0.750 bits per heavy atom. The monoisotopic (exact) mass is 543 g/mol. The van der Waals surface area contributed by atoms with Crippen LogP contribution in [0.5, 0.6) is 0 Å². The normalized spacial score (nSPS) is 19.3. The lowest BCUT2D eigenvalue weighted by molar-refractivity contribution is 0.116. The molecule has 1 fully saturated rings. The van der Waals surface area contributed by atoms with Crippen LogP contribution < -0.4 is 0 Å². The maximum absolute atomic E-state index is 3.82. The topological polar surface area (TPSA) is 28.8 Å². The van der Waals surface area contributed by atoms with Gasteiger partial charge in [0.15, 0.2) is 0 Å². The van der Waals surface area contributed by atoms with E-state index in [0.717, 1.165) is 31.3 Å². The van der Waals surface area contributed by atoms with Gasteiger partial charge in [0, 0.05) is 69.0 Å². The summed E-state index contributed by atoms with van der Waals surface area (Å²) >= 11 is 0. The van der Waals surface area contributed by atoms with Gasteiger partial charge in [0.1, 0.15) is 0 Å². The van der Waals surface area contributed by atoms with Gasteiger partial charge in [0.05, 0.1) is 6.04 Å². The van der Waals surface area contributed by atoms with Gasteiger partial charge in [-0.15, -0.1) is 0 Å². The van der Waals surface area contributed by atoms with E-state index in [4.69, 9.17) is 0 Å². The highest BCUT2D eigenvalue weighted by Gasteiger charge is 2.31. The average molecular weight is 544 g/mol. The molecule has 1 aromatic heterocycles. The van der Waals surface area contributed by atoms with Gasteiger partial charge in [0.25, 0.3) is 0 Å². The van der Waals surface area contributed by atoms with Crippen LogP contribution in [0.2, 0.25) is 0 Å². The van der Waals surface area contributed by atoms with Gasteiger partial charge in [-0.1, -0.05) is 76.2 Å². The molecule has 1 saturated heterocycles. The maximum Gasteiger partial charge on any atom is 0.0757 e. The Balaban J connectivity index is 1.10. The van der Waals surface area contributed by atoms with Crippen LogP contribution in [0, 0.1) is 11.8 Å². The second kappa shape index (κ2) is 14.1. The lowest BCUT2D eigenvalue weighted by Gasteiger charge is -2.38. The highest BCUT2D eigenvalue weighted by atomic mass is 15.3. The minimum atomic E-state index is 0.320. The Morgan fingerprint density at radius 3 is 2.05 bits per heavy atom. The smallest absolute Gasteiger partial charge is 0.0757 e. The molecule has 218 valence electrons. The van der Waals surface area contributed by atoms with E-state index in [0.29, 0.717) is 6.04 Å². The molecular formula is C35H53N5. The Labute approximate surface area is 243 Å². The van der Waals surface area contributed by atoms with E-state index in [1.165, 1.54) is 99.5 Å². The summed E-state index contributed by atoms with van der Waals surface area (Å²) in [5, 5.41) is 1.41.